The van der Waals surface area contributed by atoms with Gasteiger partial charge in [0.1, 0.15) is 11.4 Å². The molecule has 1 N–H and O–H groups in total. The number of aliphatic hydroxyl groups is 1. The van der Waals surface area contributed by atoms with Crippen LogP contribution < -0.4 is 0 Å². The van der Waals surface area contributed by atoms with Gasteiger partial charge in [0.25, 0.3) is 0 Å². The molecule has 6 nitrogen and oxygen atoms in total. The highest BCUT2D eigenvalue weighted by atomic mass is 16.6. The number of benzene rings is 1. The van der Waals surface area contributed by atoms with E-state index in [0.717, 1.165) is 5.56 Å². The molecule has 1 amide bonds. The van der Waals surface area contributed by atoms with E-state index < -0.39 is 11.2 Å². The third-order valence-corrected chi connectivity index (χ3v) is 5.11. The number of rotatable bonds is 3. The third-order valence-electron chi connectivity index (χ3n) is 5.11. The maximum Gasteiger partial charge on any atom is 0.410 e. The molecule has 3 rings (SSSR count). The molecule has 1 saturated heterocycles. The molecule has 27 heavy (non-hydrogen) atoms. The first-order valence-corrected chi connectivity index (χ1v) is 9.45. The number of hydrogen-bond donors (Lipinski definition) is 1. The minimum atomic E-state index is -1.19. The van der Waals surface area contributed by atoms with Crippen molar-refractivity contribution in [3.05, 3.63) is 54.1 Å². The van der Waals surface area contributed by atoms with E-state index in [4.69, 9.17) is 4.74 Å². The van der Waals surface area contributed by atoms with Crippen LogP contribution in [0.5, 0.6) is 0 Å². The van der Waals surface area contributed by atoms with Gasteiger partial charge in [-0.05, 0) is 39.2 Å². The van der Waals surface area contributed by atoms with Crippen LogP contribution in [0.25, 0.3) is 0 Å². The lowest BCUT2D eigenvalue weighted by molar-refractivity contribution is -0.0302. The van der Waals surface area contributed by atoms with Crippen molar-refractivity contribution in [3.8, 4) is 0 Å². The van der Waals surface area contributed by atoms with Crippen LogP contribution in [0.4, 0.5) is 4.79 Å². The fourth-order valence-electron chi connectivity index (χ4n) is 3.78. The van der Waals surface area contributed by atoms with Gasteiger partial charge in [0.2, 0.25) is 0 Å². The number of ether oxygens (including phenoxy) is 1. The number of carbonyl (C=O) groups is 1. The number of aromatic nitrogens is 2. The van der Waals surface area contributed by atoms with Gasteiger partial charge in [0.05, 0.1) is 0 Å². The highest BCUT2D eigenvalue weighted by Crippen LogP contribution is 2.41. The summed E-state index contributed by atoms with van der Waals surface area (Å²) in [7, 11) is 1.89. The van der Waals surface area contributed by atoms with Gasteiger partial charge >= 0.3 is 6.09 Å². The largest absolute Gasteiger partial charge is 0.444 e. The van der Waals surface area contributed by atoms with Crippen LogP contribution in [-0.2, 0) is 17.4 Å². The van der Waals surface area contributed by atoms with Gasteiger partial charge in [-0.3, -0.25) is 0 Å². The number of piperidine rings is 1. The molecule has 0 radical (unpaired) electrons. The number of hydrogen-bond acceptors (Lipinski definition) is 4. The highest BCUT2D eigenvalue weighted by molar-refractivity contribution is 5.68. The highest BCUT2D eigenvalue weighted by Gasteiger charge is 2.45. The van der Waals surface area contributed by atoms with Crippen LogP contribution in [0.15, 0.2) is 42.7 Å². The van der Waals surface area contributed by atoms with Crippen LogP contribution in [0.1, 0.15) is 45.0 Å². The topological polar surface area (TPSA) is 67.6 Å². The van der Waals surface area contributed by atoms with E-state index in [0.29, 0.717) is 31.8 Å². The zero-order valence-electron chi connectivity index (χ0n) is 16.6. The van der Waals surface area contributed by atoms with Crippen molar-refractivity contribution in [3.63, 3.8) is 0 Å². The van der Waals surface area contributed by atoms with Gasteiger partial charge in [-0.15, -0.1) is 0 Å². The predicted molar refractivity (Wildman–Crippen MR) is 103 cm³/mol. The molecule has 1 aromatic carbocycles. The average Bonchev–Trinajstić information content (AvgIpc) is 3.07. The van der Waals surface area contributed by atoms with Crippen molar-refractivity contribution < 1.29 is 14.6 Å². The lowest BCUT2D eigenvalue weighted by Gasteiger charge is -2.41. The first kappa shape index (κ1) is 19.4. The quantitative estimate of drug-likeness (QED) is 0.899. The molecule has 1 aromatic heterocycles. The Morgan fingerprint density at radius 2 is 1.81 bits per heavy atom. The number of likely N-dealkylation sites (tertiary alicyclic amines) is 1. The van der Waals surface area contributed by atoms with Crippen LogP contribution in [0.3, 0.4) is 0 Å². The third kappa shape index (κ3) is 4.00. The Hall–Kier alpha value is -2.34. The van der Waals surface area contributed by atoms with Gasteiger partial charge in [0, 0.05) is 38.4 Å². The number of aryl methyl sites for hydroxylation is 1. The van der Waals surface area contributed by atoms with Crippen molar-refractivity contribution in [1.29, 1.82) is 0 Å². The average molecular weight is 371 g/mol. The number of amides is 1. The number of imidazole rings is 1. The van der Waals surface area contributed by atoms with Crippen LogP contribution >= 0.6 is 0 Å². The molecule has 1 atom stereocenters. The summed E-state index contributed by atoms with van der Waals surface area (Å²) in [4.78, 5) is 18.5. The molecule has 2 aromatic rings. The smallest absolute Gasteiger partial charge is 0.410 e. The zero-order chi connectivity index (χ0) is 19.7. The van der Waals surface area contributed by atoms with E-state index in [2.05, 4.69) is 4.98 Å². The van der Waals surface area contributed by atoms with Gasteiger partial charge in [-0.25, -0.2) is 9.78 Å². The summed E-state index contributed by atoms with van der Waals surface area (Å²) in [6.07, 6.45) is 4.62. The Kier molecular flexibility index (Phi) is 5.29. The van der Waals surface area contributed by atoms with Gasteiger partial charge < -0.3 is 19.3 Å². The number of carbonyl (C=O) groups excluding carboxylic acids is 1. The predicted octanol–water partition coefficient (Wildman–Crippen LogP) is 3.30. The van der Waals surface area contributed by atoms with Gasteiger partial charge in [-0.2, -0.15) is 0 Å². The normalized spacial score (nSPS) is 18.2. The van der Waals surface area contributed by atoms with Crippen molar-refractivity contribution in [1.82, 2.24) is 14.5 Å². The summed E-state index contributed by atoms with van der Waals surface area (Å²) in [6, 6.07) is 9.68. The van der Waals surface area contributed by atoms with E-state index >= 15 is 0 Å². The summed E-state index contributed by atoms with van der Waals surface area (Å²) < 4.78 is 7.35. The molecule has 1 aliphatic rings. The van der Waals surface area contributed by atoms with E-state index in [1.54, 1.807) is 11.1 Å². The summed E-state index contributed by atoms with van der Waals surface area (Å²) in [5.74, 6) is 0.587. The maximum atomic E-state index is 12.3. The monoisotopic (exact) mass is 371 g/mol. The maximum absolute atomic E-state index is 12.3. The molecule has 146 valence electrons. The molecule has 0 spiro atoms. The second-order valence-corrected chi connectivity index (χ2v) is 8.24. The summed E-state index contributed by atoms with van der Waals surface area (Å²) in [5.41, 5.74) is -0.874. The second kappa shape index (κ2) is 7.35. The SMILES string of the molecule is Cn1ccnc1C(O)(c1ccccc1)C1CCN(C(=O)OC(C)(C)C)CC1. The Morgan fingerprint density at radius 3 is 2.33 bits per heavy atom. The van der Waals surface area contributed by atoms with Crippen molar-refractivity contribution in [2.45, 2.75) is 44.8 Å². The Bertz CT molecular complexity index is 773. The van der Waals surface area contributed by atoms with Crippen LogP contribution in [0.2, 0.25) is 0 Å². The first-order chi connectivity index (χ1) is 12.7. The van der Waals surface area contributed by atoms with E-state index in [1.165, 1.54) is 0 Å². The molecular formula is C21H29N3O3. The van der Waals surface area contributed by atoms with Crippen LogP contribution in [0, 0.1) is 5.92 Å². The Balaban J connectivity index is 1.82. The molecule has 0 saturated carbocycles. The van der Waals surface area contributed by atoms with Gasteiger partial charge in [-0.1, -0.05) is 30.3 Å². The molecule has 1 aliphatic heterocycles. The lowest BCUT2D eigenvalue weighted by Crippen LogP contribution is -2.48. The standard InChI is InChI=1S/C21H29N3O3/c1-20(2,3)27-19(25)24-13-10-17(11-14-24)21(26,16-8-6-5-7-9-16)18-22-12-15-23(18)4/h5-9,12,15,17,26H,10-11,13-14H2,1-4H3. The van der Waals surface area contributed by atoms with E-state index in [-0.39, 0.29) is 12.0 Å². The minimum Gasteiger partial charge on any atom is -0.444 e. The second-order valence-electron chi connectivity index (χ2n) is 8.24. The first-order valence-electron chi connectivity index (χ1n) is 9.45. The van der Waals surface area contributed by atoms with Gasteiger partial charge in [0.15, 0.2) is 5.60 Å². The molecule has 0 aliphatic carbocycles. The molecule has 1 unspecified atom stereocenters. The lowest BCUT2D eigenvalue weighted by atomic mass is 9.75. The zero-order valence-corrected chi connectivity index (χ0v) is 16.6. The number of nitrogens with zero attached hydrogens (tertiary/aromatic N) is 3. The summed E-state index contributed by atoms with van der Waals surface area (Å²) in [6.45, 7) is 6.71. The van der Waals surface area contributed by atoms with Crippen molar-refractivity contribution in [2.75, 3.05) is 13.1 Å². The molecule has 1 fully saturated rings. The summed E-state index contributed by atoms with van der Waals surface area (Å²) in [5, 5.41) is 11.8. The molecule has 2 heterocycles. The van der Waals surface area contributed by atoms with Crippen LogP contribution in [-0.4, -0.2) is 44.3 Å². The molecule has 0 bridgehead atoms. The molecule has 6 heteroatoms. The Labute approximate surface area is 160 Å². The van der Waals surface area contributed by atoms with E-state index in [9.17, 15) is 9.90 Å². The van der Waals surface area contributed by atoms with Crippen molar-refractivity contribution >= 4 is 6.09 Å². The van der Waals surface area contributed by atoms with Crippen molar-refractivity contribution in [2.24, 2.45) is 13.0 Å². The fourth-order valence-corrected chi connectivity index (χ4v) is 3.78. The van der Waals surface area contributed by atoms with E-state index in [1.807, 2.05) is 68.9 Å². The molecular weight excluding hydrogens is 342 g/mol. The fraction of sp³-hybridized carbons (Fsp3) is 0.524. The Morgan fingerprint density at radius 1 is 1.19 bits per heavy atom. The summed E-state index contributed by atoms with van der Waals surface area (Å²) >= 11 is 0. The minimum absolute atomic E-state index is 0.0420.